The van der Waals surface area contributed by atoms with E-state index in [0.29, 0.717) is 6.42 Å². The van der Waals surface area contributed by atoms with E-state index in [1.165, 1.54) is 0 Å². The predicted octanol–water partition coefficient (Wildman–Crippen LogP) is 2.27. The van der Waals surface area contributed by atoms with Gasteiger partial charge in [-0.05, 0) is 45.5 Å². The van der Waals surface area contributed by atoms with Crippen LogP contribution >= 0.6 is 0 Å². The Balaban J connectivity index is 2.47. The van der Waals surface area contributed by atoms with Gasteiger partial charge in [0.15, 0.2) is 0 Å². The Hall–Kier alpha value is -1.35. The van der Waals surface area contributed by atoms with Crippen LogP contribution < -0.4 is 0 Å². The van der Waals surface area contributed by atoms with Crippen LogP contribution in [0.4, 0.5) is 0 Å². The zero-order valence-electron chi connectivity index (χ0n) is 10.6. The summed E-state index contributed by atoms with van der Waals surface area (Å²) in [5.74, 6) is -0.954. The van der Waals surface area contributed by atoms with Crippen LogP contribution in [0.1, 0.15) is 18.4 Å². The summed E-state index contributed by atoms with van der Waals surface area (Å²) in [7, 11) is 4.01. The smallest absolute Gasteiger partial charge is 0.306 e. The maximum atomic E-state index is 11.2. The number of hydrogen-bond donors (Lipinski definition) is 1. The number of nitrogens with zero attached hydrogens (tertiary/aromatic N) is 1. The number of aliphatic carboxylic acids is 1. The van der Waals surface area contributed by atoms with Crippen molar-refractivity contribution in [1.82, 2.24) is 4.90 Å². The van der Waals surface area contributed by atoms with Gasteiger partial charge in [-0.1, -0.05) is 30.3 Å². The van der Waals surface area contributed by atoms with E-state index in [1.807, 2.05) is 44.4 Å². The first-order valence-corrected chi connectivity index (χ1v) is 6.01. The molecule has 1 rings (SSSR count). The van der Waals surface area contributed by atoms with Crippen LogP contribution in [0.25, 0.3) is 0 Å². The number of carboxylic acids is 1. The first-order chi connectivity index (χ1) is 8.09. The minimum Gasteiger partial charge on any atom is -0.481 e. The average molecular weight is 235 g/mol. The summed E-state index contributed by atoms with van der Waals surface area (Å²) in [6.07, 6.45) is 2.29. The summed E-state index contributed by atoms with van der Waals surface area (Å²) in [4.78, 5) is 13.3. The van der Waals surface area contributed by atoms with Gasteiger partial charge < -0.3 is 10.0 Å². The van der Waals surface area contributed by atoms with Gasteiger partial charge in [0, 0.05) is 0 Å². The van der Waals surface area contributed by atoms with Crippen LogP contribution in [-0.2, 0) is 11.2 Å². The number of carbonyl (C=O) groups is 1. The molecule has 1 atom stereocenters. The summed E-state index contributed by atoms with van der Waals surface area (Å²) in [6.45, 7) is 0.943. The van der Waals surface area contributed by atoms with Gasteiger partial charge in [0.25, 0.3) is 0 Å². The molecule has 0 radical (unpaired) electrons. The van der Waals surface area contributed by atoms with Crippen LogP contribution in [0, 0.1) is 5.92 Å². The minimum atomic E-state index is -0.687. The molecular weight excluding hydrogens is 214 g/mol. The van der Waals surface area contributed by atoms with Crippen molar-refractivity contribution in [2.24, 2.45) is 5.92 Å². The SMILES string of the molecule is CN(C)CCCC(Cc1ccccc1)C(=O)O. The predicted molar refractivity (Wildman–Crippen MR) is 69.1 cm³/mol. The normalized spacial score (nSPS) is 12.6. The van der Waals surface area contributed by atoms with Crippen molar-refractivity contribution >= 4 is 5.97 Å². The van der Waals surface area contributed by atoms with Crippen molar-refractivity contribution in [2.45, 2.75) is 19.3 Å². The maximum absolute atomic E-state index is 11.2. The van der Waals surface area contributed by atoms with Crippen LogP contribution in [0.15, 0.2) is 30.3 Å². The highest BCUT2D eigenvalue weighted by molar-refractivity contribution is 5.70. The van der Waals surface area contributed by atoms with Crippen molar-refractivity contribution in [3.63, 3.8) is 0 Å². The topological polar surface area (TPSA) is 40.5 Å². The molecule has 3 heteroatoms. The molecule has 0 aromatic heterocycles. The highest BCUT2D eigenvalue weighted by Gasteiger charge is 2.17. The van der Waals surface area contributed by atoms with E-state index in [9.17, 15) is 9.90 Å². The Labute approximate surface area is 103 Å². The lowest BCUT2D eigenvalue weighted by Crippen LogP contribution is -2.19. The van der Waals surface area contributed by atoms with E-state index in [2.05, 4.69) is 4.90 Å². The summed E-state index contributed by atoms with van der Waals surface area (Å²) in [5, 5.41) is 9.19. The van der Waals surface area contributed by atoms with E-state index in [-0.39, 0.29) is 5.92 Å². The van der Waals surface area contributed by atoms with Gasteiger partial charge in [-0.15, -0.1) is 0 Å². The maximum Gasteiger partial charge on any atom is 0.306 e. The first-order valence-electron chi connectivity index (χ1n) is 6.01. The van der Waals surface area contributed by atoms with Crippen molar-refractivity contribution in [2.75, 3.05) is 20.6 Å². The van der Waals surface area contributed by atoms with Gasteiger partial charge >= 0.3 is 5.97 Å². The van der Waals surface area contributed by atoms with Gasteiger partial charge in [0.1, 0.15) is 0 Å². The zero-order valence-corrected chi connectivity index (χ0v) is 10.6. The average Bonchev–Trinajstić information content (AvgIpc) is 2.28. The largest absolute Gasteiger partial charge is 0.481 e. The van der Waals surface area contributed by atoms with Crippen molar-refractivity contribution in [3.05, 3.63) is 35.9 Å². The van der Waals surface area contributed by atoms with Gasteiger partial charge in [-0.3, -0.25) is 4.79 Å². The second-order valence-corrected chi connectivity index (χ2v) is 4.67. The Kier molecular flexibility index (Phi) is 5.70. The van der Waals surface area contributed by atoms with Gasteiger partial charge in [-0.25, -0.2) is 0 Å². The van der Waals surface area contributed by atoms with E-state index < -0.39 is 5.97 Å². The van der Waals surface area contributed by atoms with Crippen LogP contribution in [0.3, 0.4) is 0 Å². The van der Waals surface area contributed by atoms with E-state index in [0.717, 1.165) is 24.9 Å². The molecule has 0 saturated carbocycles. The fourth-order valence-electron chi connectivity index (χ4n) is 1.87. The molecule has 0 heterocycles. The summed E-state index contributed by atoms with van der Waals surface area (Å²) in [6, 6.07) is 9.83. The molecule has 1 N–H and O–H groups in total. The number of rotatable bonds is 7. The van der Waals surface area contributed by atoms with Gasteiger partial charge in [0.2, 0.25) is 0 Å². The third-order valence-electron chi connectivity index (χ3n) is 2.83. The van der Waals surface area contributed by atoms with Gasteiger partial charge in [0.05, 0.1) is 5.92 Å². The lowest BCUT2D eigenvalue weighted by atomic mass is 9.95. The molecule has 1 unspecified atom stereocenters. The zero-order chi connectivity index (χ0) is 12.7. The van der Waals surface area contributed by atoms with Crippen molar-refractivity contribution in [1.29, 1.82) is 0 Å². The fourth-order valence-corrected chi connectivity index (χ4v) is 1.87. The highest BCUT2D eigenvalue weighted by atomic mass is 16.4. The number of hydrogen-bond acceptors (Lipinski definition) is 2. The lowest BCUT2D eigenvalue weighted by Gasteiger charge is -2.14. The molecule has 0 aliphatic heterocycles. The highest BCUT2D eigenvalue weighted by Crippen LogP contribution is 2.14. The minimum absolute atomic E-state index is 0.266. The Morgan fingerprint density at radius 2 is 1.94 bits per heavy atom. The van der Waals surface area contributed by atoms with Crippen molar-refractivity contribution < 1.29 is 9.90 Å². The number of carboxylic acid groups (broad SMARTS) is 1. The van der Waals surface area contributed by atoms with Crippen LogP contribution in [0.2, 0.25) is 0 Å². The molecular formula is C14H21NO2. The second kappa shape index (κ2) is 7.07. The molecule has 0 aliphatic carbocycles. The third kappa shape index (κ3) is 5.50. The Morgan fingerprint density at radius 1 is 1.29 bits per heavy atom. The molecule has 1 aromatic carbocycles. The lowest BCUT2D eigenvalue weighted by molar-refractivity contribution is -0.142. The molecule has 17 heavy (non-hydrogen) atoms. The molecule has 0 saturated heterocycles. The molecule has 3 nitrogen and oxygen atoms in total. The molecule has 0 aliphatic rings. The number of benzene rings is 1. The summed E-state index contributed by atoms with van der Waals surface area (Å²) in [5.41, 5.74) is 1.10. The van der Waals surface area contributed by atoms with E-state index in [4.69, 9.17) is 0 Å². The summed E-state index contributed by atoms with van der Waals surface area (Å²) >= 11 is 0. The molecule has 1 aromatic rings. The third-order valence-corrected chi connectivity index (χ3v) is 2.83. The van der Waals surface area contributed by atoms with Crippen molar-refractivity contribution in [3.8, 4) is 0 Å². The standard InChI is InChI=1S/C14H21NO2/c1-15(2)10-6-9-13(14(16)17)11-12-7-4-3-5-8-12/h3-5,7-8,13H,6,9-11H2,1-2H3,(H,16,17). The van der Waals surface area contributed by atoms with Gasteiger partial charge in [-0.2, -0.15) is 0 Å². The first kappa shape index (κ1) is 13.7. The summed E-state index contributed by atoms with van der Waals surface area (Å²) < 4.78 is 0. The van der Waals surface area contributed by atoms with Crippen LogP contribution in [-0.4, -0.2) is 36.6 Å². The second-order valence-electron chi connectivity index (χ2n) is 4.67. The molecule has 0 fully saturated rings. The molecule has 0 spiro atoms. The quantitative estimate of drug-likeness (QED) is 0.788. The molecule has 94 valence electrons. The van der Waals surface area contributed by atoms with E-state index >= 15 is 0 Å². The van der Waals surface area contributed by atoms with Crippen LogP contribution in [0.5, 0.6) is 0 Å². The molecule has 0 amide bonds. The molecule has 0 bridgehead atoms. The van der Waals surface area contributed by atoms with E-state index in [1.54, 1.807) is 0 Å². The monoisotopic (exact) mass is 235 g/mol. The Morgan fingerprint density at radius 3 is 2.47 bits per heavy atom. The fraction of sp³-hybridized carbons (Fsp3) is 0.500. The Bertz CT molecular complexity index is 335.